The van der Waals surface area contributed by atoms with Crippen molar-refractivity contribution in [3.8, 4) is 0 Å². The molecule has 4 aliphatic carbocycles. The third kappa shape index (κ3) is 2.70. The molecule has 0 radical (unpaired) electrons. The Balaban J connectivity index is 0.00000121. The first kappa shape index (κ1) is 20.5. The van der Waals surface area contributed by atoms with E-state index in [1.807, 2.05) is 0 Å². The van der Waals surface area contributed by atoms with Crippen molar-refractivity contribution in [3.05, 3.63) is 34.4 Å². The predicted molar refractivity (Wildman–Crippen MR) is 102 cm³/mol. The van der Waals surface area contributed by atoms with Gasteiger partial charge in [0.15, 0.2) is 0 Å². The van der Waals surface area contributed by atoms with Gasteiger partial charge >= 0.3 is 37.7 Å². The van der Waals surface area contributed by atoms with Gasteiger partial charge in [0.2, 0.25) is 0 Å². The topological polar surface area (TPSA) is 0 Å². The fourth-order valence-corrected chi connectivity index (χ4v) is 5.30. The van der Waals surface area contributed by atoms with E-state index in [0.717, 1.165) is 0 Å². The number of rotatable bonds is 2. The summed E-state index contributed by atoms with van der Waals surface area (Å²) in [7, 11) is 0. The number of hydrogen-bond donors (Lipinski definition) is 0. The van der Waals surface area contributed by atoms with Crippen molar-refractivity contribution >= 4 is 37.7 Å². The van der Waals surface area contributed by atoms with Gasteiger partial charge in [-0.2, -0.15) is 0 Å². The Kier molecular flexibility index (Phi) is 5.08. The predicted octanol–water partition coefficient (Wildman–Crippen LogP) is 4.76. The van der Waals surface area contributed by atoms with Crippen LogP contribution in [0.15, 0.2) is 34.4 Å². The summed E-state index contributed by atoms with van der Waals surface area (Å²) < 4.78 is 0. The maximum absolute atomic E-state index is 2.46. The van der Waals surface area contributed by atoms with Crippen LogP contribution in [0.1, 0.15) is 68.2 Å². The fraction of sp³-hybridized carbons (Fsp3) is 0.700. The molecule has 0 heterocycles. The summed E-state index contributed by atoms with van der Waals surface area (Å²) in [4.78, 5) is 0. The van der Waals surface area contributed by atoms with E-state index in [1.165, 1.54) is 12.8 Å². The van der Waals surface area contributed by atoms with E-state index in [1.54, 1.807) is 22.3 Å². The molecule has 0 aromatic heterocycles. The summed E-state index contributed by atoms with van der Waals surface area (Å²) >= 11 is 0. The molecule has 0 spiro atoms. The molecular formula is C20H32Li2. The number of fused-ring (bicyclic) bond motifs is 1. The Morgan fingerprint density at radius 3 is 1.14 bits per heavy atom. The standard InChI is InChI=1S/C20H30.2Li.2H/c1-17(2,3)11-19(7)13-9-10-14-15(19)16(13)20(14,8)12-18(4,5)6;;;;/h9-10H,11-12H2,1-8H3;;;;. The molecule has 4 bridgehead atoms. The Labute approximate surface area is 161 Å². The molecule has 0 aromatic carbocycles. The monoisotopic (exact) mass is 286 g/mol. The molecule has 114 valence electrons. The first-order chi connectivity index (χ1) is 8.89. The summed E-state index contributed by atoms with van der Waals surface area (Å²) in [5.74, 6) is 0. The van der Waals surface area contributed by atoms with Gasteiger partial charge in [-0.25, -0.2) is 0 Å². The van der Waals surface area contributed by atoms with Crippen LogP contribution in [0.25, 0.3) is 0 Å². The molecule has 0 nitrogen and oxygen atoms in total. The summed E-state index contributed by atoms with van der Waals surface area (Å²) in [6.45, 7) is 19.1. The summed E-state index contributed by atoms with van der Waals surface area (Å²) in [5.41, 5.74) is 8.17. The van der Waals surface area contributed by atoms with Gasteiger partial charge in [0, 0.05) is 10.8 Å². The first-order valence-electron chi connectivity index (χ1n) is 8.07. The zero-order valence-electron chi connectivity index (χ0n) is 14.6. The minimum atomic E-state index is 0. The average molecular weight is 286 g/mol. The molecule has 2 heteroatoms. The van der Waals surface area contributed by atoms with Crippen molar-refractivity contribution in [3.63, 3.8) is 0 Å². The van der Waals surface area contributed by atoms with Crippen LogP contribution in [-0.2, 0) is 0 Å². The molecule has 22 heavy (non-hydrogen) atoms. The van der Waals surface area contributed by atoms with Gasteiger partial charge in [-0.15, -0.1) is 0 Å². The van der Waals surface area contributed by atoms with Crippen LogP contribution in [0.2, 0.25) is 0 Å². The van der Waals surface area contributed by atoms with Gasteiger partial charge < -0.3 is 0 Å². The van der Waals surface area contributed by atoms with Crippen molar-refractivity contribution < 1.29 is 0 Å². The normalized spacial score (nSPS) is 32.0. The van der Waals surface area contributed by atoms with Gasteiger partial charge in [0.1, 0.15) is 0 Å². The number of allylic oxidation sites excluding steroid dienone is 6. The van der Waals surface area contributed by atoms with Gasteiger partial charge in [-0.1, -0.05) is 67.5 Å². The van der Waals surface area contributed by atoms with Crippen LogP contribution in [0.3, 0.4) is 0 Å². The Morgan fingerprint density at radius 1 is 0.682 bits per heavy atom. The second kappa shape index (κ2) is 5.46. The molecule has 0 N–H and O–H groups in total. The van der Waals surface area contributed by atoms with Gasteiger partial charge in [0.25, 0.3) is 0 Å². The third-order valence-electron chi connectivity index (χ3n) is 5.27. The SMILES string of the molecule is CC(C)(C)CC1(C)C2=CC=C3C1=C2C3(C)CC(C)(C)C.[LiH].[LiH]. The average Bonchev–Trinajstić information content (AvgIpc) is 2.22. The summed E-state index contributed by atoms with van der Waals surface area (Å²) in [6, 6.07) is 0. The second-order valence-electron chi connectivity index (χ2n) is 10.0. The molecule has 2 unspecified atom stereocenters. The van der Waals surface area contributed by atoms with Crippen LogP contribution in [0.4, 0.5) is 0 Å². The maximum atomic E-state index is 2.46. The summed E-state index contributed by atoms with van der Waals surface area (Å²) in [5, 5.41) is 0. The second-order valence-corrected chi connectivity index (χ2v) is 10.0. The van der Waals surface area contributed by atoms with E-state index in [-0.39, 0.29) is 37.7 Å². The molecule has 0 aromatic rings. The molecule has 0 fully saturated rings. The van der Waals surface area contributed by atoms with Crippen molar-refractivity contribution in [2.45, 2.75) is 68.2 Å². The Bertz CT molecular complexity index is 526. The van der Waals surface area contributed by atoms with E-state index in [2.05, 4.69) is 67.5 Å². The molecular weight excluding hydrogens is 254 g/mol. The molecule has 0 saturated heterocycles. The first-order valence-corrected chi connectivity index (χ1v) is 8.07. The molecule has 0 aliphatic heterocycles. The number of hydrogen-bond acceptors (Lipinski definition) is 0. The summed E-state index contributed by atoms with van der Waals surface area (Å²) in [6.07, 6.45) is 7.36. The van der Waals surface area contributed by atoms with E-state index >= 15 is 0 Å². The van der Waals surface area contributed by atoms with Crippen LogP contribution < -0.4 is 0 Å². The van der Waals surface area contributed by atoms with Crippen LogP contribution in [0.5, 0.6) is 0 Å². The van der Waals surface area contributed by atoms with Crippen LogP contribution >= 0.6 is 0 Å². The third-order valence-corrected chi connectivity index (χ3v) is 5.27. The zero-order chi connectivity index (χ0) is 15.1. The Morgan fingerprint density at radius 2 is 0.955 bits per heavy atom. The molecule has 4 rings (SSSR count). The van der Waals surface area contributed by atoms with Crippen molar-refractivity contribution in [2.75, 3.05) is 0 Å². The Hall–Kier alpha value is 0.415. The van der Waals surface area contributed by atoms with E-state index in [9.17, 15) is 0 Å². The van der Waals surface area contributed by atoms with Crippen molar-refractivity contribution in [1.29, 1.82) is 0 Å². The van der Waals surface area contributed by atoms with Gasteiger partial charge in [-0.05, 0) is 46.0 Å². The van der Waals surface area contributed by atoms with E-state index in [0.29, 0.717) is 21.7 Å². The van der Waals surface area contributed by atoms with Crippen LogP contribution in [0, 0.1) is 21.7 Å². The molecule has 4 aliphatic rings. The minimum absolute atomic E-state index is 0. The quantitative estimate of drug-likeness (QED) is 0.642. The van der Waals surface area contributed by atoms with Crippen molar-refractivity contribution in [1.82, 2.24) is 0 Å². The van der Waals surface area contributed by atoms with E-state index < -0.39 is 0 Å². The zero-order valence-corrected chi connectivity index (χ0v) is 14.6. The van der Waals surface area contributed by atoms with Crippen molar-refractivity contribution in [2.24, 2.45) is 21.7 Å². The van der Waals surface area contributed by atoms with Crippen LogP contribution in [-0.4, -0.2) is 37.7 Å². The van der Waals surface area contributed by atoms with Gasteiger partial charge in [-0.3, -0.25) is 0 Å². The molecule has 0 saturated carbocycles. The fourth-order valence-electron chi connectivity index (χ4n) is 5.30. The van der Waals surface area contributed by atoms with Gasteiger partial charge in [0.05, 0.1) is 0 Å². The molecule has 0 amide bonds. The van der Waals surface area contributed by atoms with E-state index in [4.69, 9.17) is 0 Å². The molecule has 2 atom stereocenters.